The monoisotopic (exact) mass is 485 g/mol. The molecule has 1 spiro atoms. The molecule has 34 heavy (non-hydrogen) atoms. The van der Waals surface area contributed by atoms with Crippen LogP contribution in [0.15, 0.2) is 42.7 Å². The number of amides is 2. The number of nitrogens with zero attached hydrogens (tertiary/aromatic N) is 4. The maximum atomic E-state index is 12.6. The molecule has 1 saturated carbocycles. The molecule has 8 nitrogen and oxygen atoms in total. The van der Waals surface area contributed by atoms with Gasteiger partial charge in [-0.05, 0) is 75.1 Å². The number of halogens is 1. The number of hydrogen-bond acceptors (Lipinski definition) is 6. The van der Waals surface area contributed by atoms with E-state index < -0.39 is 5.60 Å². The molecule has 0 unspecified atom stereocenters. The highest BCUT2D eigenvalue weighted by molar-refractivity contribution is 5.94. The quantitative estimate of drug-likeness (QED) is 0.669. The van der Waals surface area contributed by atoms with Gasteiger partial charge in [0.25, 0.3) is 5.91 Å². The Kier molecular flexibility index (Phi) is 7.56. The Labute approximate surface area is 206 Å². The second-order valence-electron chi connectivity index (χ2n) is 9.43. The Morgan fingerprint density at radius 2 is 1.88 bits per heavy atom. The average Bonchev–Trinajstić information content (AvgIpc) is 3.20. The maximum absolute atomic E-state index is 12.6. The number of rotatable bonds is 5. The van der Waals surface area contributed by atoms with Crippen LogP contribution < -0.4 is 10.2 Å². The van der Waals surface area contributed by atoms with Gasteiger partial charge in [-0.15, -0.1) is 12.4 Å². The smallest absolute Gasteiger partial charge is 0.416 e. The molecule has 2 aromatic heterocycles. The average molecular weight is 486 g/mol. The zero-order valence-electron chi connectivity index (χ0n) is 19.3. The summed E-state index contributed by atoms with van der Waals surface area (Å²) in [6.45, 7) is 3.07. The van der Waals surface area contributed by atoms with Crippen molar-refractivity contribution < 1.29 is 14.3 Å². The normalized spacial score (nSPS) is 24.5. The third-order valence-corrected chi connectivity index (χ3v) is 7.14. The van der Waals surface area contributed by atoms with Crippen LogP contribution in [0, 0.1) is 5.92 Å². The van der Waals surface area contributed by atoms with E-state index in [1.165, 1.54) is 6.42 Å². The van der Waals surface area contributed by atoms with Gasteiger partial charge in [0.15, 0.2) is 0 Å². The fourth-order valence-electron chi connectivity index (χ4n) is 5.13. The number of likely N-dealkylation sites (tertiary alicyclic amines) is 1. The molecule has 9 heteroatoms. The number of pyridine rings is 2. The van der Waals surface area contributed by atoms with E-state index in [-0.39, 0.29) is 24.4 Å². The molecule has 0 aromatic carbocycles. The van der Waals surface area contributed by atoms with E-state index in [1.54, 1.807) is 17.3 Å². The van der Waals surface area contributed by atoms with E-state index in [0.717, 1.165) is 64.0 Å². The second-order valence-corrected chi connectivity index (χ2v) is 9.43. The first-order valence-corrected chi connectivity index (χ1v) is 12.0. The van der Waals surface area contributed by atoms with Crippen LogP contribution in [-0.4, -0.2) is 58.6 Å². The van der Waals surface area contributed by atoms with Gasteiger partial charge < -0.3 is 15.0 Å². The summed E-state index contributed by atoms with van der Waals surface area (Å²) in [5.74, 6) is 2.02. The van der Waals surface area contributed by atoms with Crippen molar-refractivity contribution in [2.45, 2.75) is 50.5 Å². The Bertz CT molecular complexity index is 974. The Morgan fingerprint density at radius 1 is 1.09 bits per heavy atom. The first kappa shape index (κ1) is 24.3. The van der Waals surface area contributed by atoms with Crippen LogP contribution in [0.5, 0.6) is 0 Å². The fraction of sp³-hybridized carbons (Fsp3) is 0.520. The van der Waals surface area contributed by atoms with Crippen LogP contribution in [0.4, 0.5) is 16.4 Å². The zero-order chi connectivity index (χ0) is 22.7. The molecular weight excluding hydrogens is 454 g/mol. The maximum Gasteiger partial charge on any atom is 0.416 e. The number of aromatic nitrogens is 2. The summed E-state index contributed by atoms with van der Waals surface area (Å²) < 4.78 is 5.83. The van der Waals surface area contributed by atoms with Crippen molar-refractivity contribution in [3.63, 3.8) is 0 Å². The minimum Gasteiger partial charge on any atom is -0.441 e. The summed E-state index contributed by atoms with van der Waals surface area (Å²) in [5, 5.41) is 3.42. The number of nitrogens with one attached hydrogen (secondary N) is 1. The van der Waals surface area contributed by atoms with Crippen molar-refractivity contribution in [1.29, 1.82) is 0 Å². The van der Waals surface area contributed by atoms with Gasteiger partial charge in [-0.25, -0.2) is 14.8 Å². The molecule has 2 saturated heterocycles. The highest BCUT2D eigenvalue weighted by atomic mass is 35.5. The second kappa shape index (κ2) is 10.6. The largest absolute Gasteiger partial charge is 0.441 e. The van der Waals surface area contributed by atoms with E-state index in [0.29, 0.717) is 23.8 Å². The van der Waals surface area contributed by atoms with E-state index >= 15 is 0 Å². The minimum atomic E-state index is -0.403. The first-order valence-electron chi connectivity index (χ1n) is 12.0. The highest BCUT2D eigenvalue weighted by Gasteiger charge is 2.47. The molecule has 3 fully saturated rings. The van der Waals surface area contributed by atoms with Crippen molar-refractivity contribution in [3.8, 4) is 0 Å². The summed E-state index contributed by atoms with van der Waals surface area (Å²) in [5.41, 5.74) is 0.252. The lowest BCUT2D eigenvalue weighted by Gasteiger charge is -2.35. The topological polar surface area (TPSA) is 87.7 Å². The number of anilines is 2. The van der Waals surface area contributed by atoms with Crippen molar-refractivity contribution in [3.05, 3.63) is 48.3 Å². The molecule has 2 aromatic rings. The lowest BCUT2D eigenvalue weighted by molar-refractivity contribution is 0.0148. The number of carbonyl (C=O) groups excluding carboxylic acids is 2. The molecule has 1 N–H and O–H groups in total. The van der Waals surface area contributed by atoms with Gasteiger partial charge in [-0.2, -0.15) is 0 Å². The summed E-state index contributed by atoms with van der Waals surface area (Å²) in [6, 6.07) is 9.33. The molecule has 2 aliphatic heterocycles. The SMILES string of the molecule is Cl.O=C(c1ccc(NC[C@H]2CC[C@]3(CC2)CN(c2ccccn2)C(=O)O3)nc1)N1CCCCC1. The van der Waals surface area contributed by atoms with Gasteiger partial charge in [0.1, 0.15) is 17.2 Å². The van der Waals surface area contributed by atoms with Gasteiger partial charge in [0, 0.05) is 32.0 Å². The fourth-order valence-corrected chi connectivity index (χ4v) is 5.13. The van der Waals surface area contributed by atoms with E-state index in [9.17, 15) is 9.59 Å². The van der Waals surface area contributed by atoms with E-state index in [1.807, 2.05) is 35.2 Å². The summed E-state index contributed by atoms with van der Waals surface area (Å²) in [4.78, 5) is 37.4. The molecule has 2 amide bonds. The number of ether oxygens (including phenoxy) is 1. The molecule has 0 atom stereocenters. The number of piperidine rings is 1. The van der Waals surface area contributed by atoms with Crippen molar-refractivity contribution >= 4 is 36.0 Å². The number of hydrogen-bond donors (Lipinski definition) is 1. The third-order valence-electron chi connectivity index (χ3n) is 7.14. The van der Waals surface area contributed by atoms with Gasteiger partial charge in [-0.1, -0.05) is 6.07 Å². The van der Waals surface area contributed by atoms with Gasteiger partial charge in [0.2, 0.25) is 0 Å². The van der Waals surface area contributed by atoms with Crippen LogP contribution >= 0.6 is 12.4 Å². The predicted molar refractivity (Wildman–Crippen MR) is 132 cm³/mol. The lowest BCUT2D eigenvalue weighted by Crippen LogP contribution is -2.39. The molecular formula is C25H32ClN5O3. The predicted octanol–water partition coefficient (Wildman–Crippen LogP) is 4.52. The summed E-state index contributed by atoms with van der Waals surface area (Å²) in [6.07, 6.45) is 10.1. The third kappa shape index (κ3) is 5.27. The first-order chi connectivity index (χ1) is 16.1. The summed E-state index contributed by atoms with van der Waals surface area (Å²) in [7, 11) is 0. The van der Waals surface area contributed by atoms with Crippen LogP contribution in [0.3, 0.4) is 0 Å². The van der Waals surface area contributed by atoms with Gasteiger partial charge in [0.05, 0.1) is 12.1 Å². The molecule has 4 heterocycles. The van der Waals surface area contributed by atoms with Crippen LogP contribution in [-0.2, 0) is 4.74 Å². The molecule has 182 valence electrons. The molecule has 0 bridgehead atoms. The van der Waals surface area contributed by atoms with Crippen LogP contribution in [0.25, 0.3) is 0 Å². The molecule has 0 radical (unpaired) electrons. The van der Waals surface area contributed by atoms with E-state index in [2.05, 4.69) is 15.3 Å². The van der Waals surface area contributed by atoms with Crippen molar-refractivity contribution in [1.82, 2.24) is 14.9 Å². The van der Waals surface area contributed by atoms with Crippen LogP contribution in [0.1, 0.15) is 55.3 Å². The Hall–Kier alpha value is -2.87. The Morgan fingerprint density at radius 3 is 2.56 bits per heavy atom. The highest BCUT2D eigenvalue weighted by Crippen LogP contribution is 2.40. The van der Waals surface area contributed by atoms with Crippen LogP contribution in [0.2, 0.25) is 0 Å². The molecule has 1 aliphatic carbocycles. The van der Waals surface area contributed by atoms with Gasteiger partial charge >= 0.3 is 6.09 Å². The molecule has 3 aliphatic rings. The zero-order valence-corrected chi connectivity index (χ0v) is 20.1. The minimum absolute atomic E-state index is 0. The Balaban J connectivity index is 0.00000274. The van der Waals surface area contributed by atoms with Gasteiger partial charge in [-0.3, -0.25) is 9.69 Å². The lowest BCUT2D eigenvalue weighted by atomic mass is 9.78. The molecule has 5 rings (SSSR count). The number of carbonyl (C=O) groups is 2. The van der Waals surface area contributed by atoms with Crippen molar-refractivity contribution in [2.24, 2.45) is 5.92 Å². The standard InChI is InChI=1S/C25H31N5O3.ClH/c31-23(29-14-4-1-5-15-29)20-7-8-21(28-17-20)27-16-19-9-11-25(12-10-19)18-30(24(32)33-25)22-6-2-3-13-26-22;/h2-3,6-8,13,17,19H,1,4-5,9-12,14-16,18H2,(H,27,28);1H/t19-,25-;. The van der Waals surface area contributed by atoms with Crippen molar-refractivity contribution in [2.75, 3.05) is 36.4 Å². The van der Waals surface area contributed by atoms with E-state index in [4.69, 9.17) is 4.74 Å². The summed E-state index contributed by atoms with van der Waals surface area (Å²) >= 11 is 0.